The van der Waals surface area contributed by atoms with Gasteiger partial charge in [0.15, 0.2) is 11.5 Å². The van der Waals surface area contributed by atoms with Crippen LogP contribution in [0.1, 0.15) is 30.9 Å². The molecule has 0 bridgehead atoms. The highest BCUT2D eigenvalue weighted by Gasteiger charge is 2.34. The molecule has 0 aromatic carbocycles. The monoisotopic (exact) mass is 531 g/mol. The van der Waals surface area contributed by atoms with Gasteiger partial charge in [-0.25, -0.2) is 9.67 Å². The summed E-state index contributed by atoms with van der Waals surface area (Å²) in [4.78, 5) is 16.2. The van der Waals surface area contributed by atoms with Crippen molar-refractivity contribution in [2.24, 2.45) is 0 Å². The summed E-state index contributed by atoms with van der Waals surface area (Å²) >= 11 is 0. The van der Waals surface area contributed by atoms with Crippen LogP contribution in [0.25, 0.3) is 17.1 Å². The van der Waals surface area contributed by atoms with Gasteiger partial charge in [0.2, 0.25) is 11.9 Å². The first kappa shape index (κ1) is 27.0. The van der Waals surface area contributed by atoms with Gasteiger partial charge in [-0.3, -0.25) is 4.98 Å². The van der Waals surface area contributed by atoms with E-state index in [1.807, 2.05) is 38.9 Å². The molecule has 0 aliphatic carbocycles. The highest BCUT2D eigenvalue weighted by atomic mass is 19.4. The smallest absolute Gasteiger partial charge is 0.378 e. The minimum absolute atomic E-state index is 0.0269. The average Bonchev–Trinajstić information content (AvgIpc) is 3.34. The second-order valence-corrected chi connectivity index (χ2v) is 9.69. The van der Waals surface area contributed by atoms with Gasteiger partial charge in [0.05, 0.1) is 22.6 Å². The molecule has 0 spiro atoms. The van der Waals surface area contributed by atoms with E-state index in [9.17, 15) is 22.0 Å². The molecule has 0 amide bonds. The zero-order valence-electron chi connectivity index (χ0n) is 21.6. The number of pyridine rings is 3. The predicted octanol–water partition coefficient (Wildman–Crippen LogP) is 5.48. The number of alkyl halides is 3. The van der Waals surface area contributed by atoms with Gasteiger partial charge in [-0.1, -0.05) is 0 Å². The van der Waals surface area contributed by atoms with E-state index in [1.54, 1.807) is 37.2 Å². The standard InChI is InChI=1S/C26H26F5N7/c1-25(2,20-12-15(36(3)4)11-18(32-20)17-7-8-22(27)34-24(17)28)21-13-16(37(5)6)14-23(33-21)38-10-9-19(35-38)26(29,30)31/h7-14H,1-6H3. The lowest BCUT2D eigenvalue weighted by molar-refractivity contribution is -0.141. The van der Waals surface area contributed by atoms with Gasteiger partial charge in [-0.2, -0.15) is 32.0 Å². The minimum atomic E-state index is -4.59. The Kier molecular flexibility index (Phi) is 6.85. The summed E-state index contributed by atoms with van der Waals surface area (Å²) in [5.74, 6) is -1.75. The zero-order chi connectivity index (χ0) is 28.0. The normalized spacial score (nSPS) is 12.1. The van der Waals surface area contributed by atoms with Crippen LogP contribution in [0.3, 0.4) is 0 Å². The van der Waals surface area contributed by atoms with Crippen LogP contribution in [0.4, 0.5) is 33.3 Å². The van der Waals surface area contributed by atoms with E-state index in [2.05, 4.69) is 20.1 Å². The van der Waals surface area contributed by atoms with Crippen molar-refractivity contribution in [3.8, 4) is 17.1 Å². The van der Waals surface area contributed by atoms with Crippen LogP contribution in [-0.2, 0) is 11.6 Å². The molecule has 0 radical (unpaired) electrons. The average molecular weight is 532 g/mol. The lowest BCUT2D eigenvalue weighted by Crippen LogP contribution is -2.25. The molecular formula is C26H26F5N7. The third kappa shape index (κ3) is 5.29. The molecular weight excluding hydrogens is 505 g/mol. The third-order valence-corrected chi connectivity index (χ3v) is 6.13. The Morgan fingerprint density at radius 3 is 1.89 bits per heavy atom. The summed E-state index contributed by atoms with van der Waals surface area (Å²) in [6.07, 6.45) is -3.39. The number of hydrogen-bond donors (Lipinski definition) is 0. The molecule has 12 heteroatoms. The van der Waals surface area contributed by atoms with Crippen LogP contribution < -0.4 is 9.80 Å². The molecule has 4 rings (SSSR count). The molecule has 0 saturated heterocycles. The van der Waals surface area contributed by atoms with E-state index in [1.165, 1.54) is 12.3 Å². The molecule has 4 heterocycles. The SMILES string of the molecule is CN(C)c1cc(-c2ccc(F)nc2F)nc(C(C)(C)c2cc(N(C)C)cc(-n3ccc(C(F)(F)F)n3)n2)c1. The highest BCUT2D eigenvalue weighted by molar-refractivity contribution is 5.66. The third-order valence-electron chi connectivity index (χ3n) is 6.13. The Hall–Kier alpha value is -4.09. The van der Waals surface area contributed by atoms with Crippen molar-refractivity contribution in [3.05, 3.63) is 77.6 Å². The van der Waals surface area contributed by atoms with Crippen molar-refractivity contribution < 1.29 is 22.0 Å². The van der Waals surface area contributed by atoms with Crippen LogP contribution in [0.15, 0.2) is 48.7 Å². The van der Waals surface area contributed by atoms with Crippen LogP contribution in [0.2, 0.25) is 0 Å². The van der Waals surface area contributed by atoms with Gasteiger partial charge < -0.3 is 9.80 Å². The molecule has 0 saturated carbocycles. The first-order valence-corrected chi connectivity index (χ1v) is 11.5. The Morgan fingerprint density at radius 1 is 0.737 bits per heavy atom. The van der Waals surface area contributed by atoms with E-state index in [4.69, 9.17) is 0 Å². The summed E-state index contributed by atoms with van der Waals surface area (Å²) in [5, 5.41) is 3.67. The molecule has 0 fully saturated rings. The van der Waals surface area contributed by atoms with Crippen molar-refractivity contribution in [2.75, 3.05) is 38.0 Å². The fourth-order valence-electron chi connectivity index (χ4n) is 3.77. The van der Waals surface area contributed by atoms with E-state index in [-0.39, 0.29) is 17.1 Å². The van der Waals surface area contributed by atoms with E-state index in [0.29, 0.717) is 22.8 Å². The van der Waals surface area contributed by atoms with Crippen molar-refractivity contribution in [1.29, 1.82) is 0 Å². The molecule has 0 unspecified atom stereocenters. The molecule has 0 aliphatic rings. The molecule has 0 atom stereocenters. The Morgan fingerprint density at radius 2 is 1.34 bits per heavy atom. The lowest BCUT2D eigenvalue weighted by atomic mass is 9.83. The van der Waals surface area contributed by atoms with Gasteiger partial charge >= 0.3 is 6.18 Å². The van der Waals surface area contributed by atoms with Gasteiger partial charge in [-0.15, -0.1) is 0 Å². The summed E-state index contributed by atoms with van der Waals surface area (Å²) in [6, 6.07) is 10.1. The molecule has 0 aliphatic heterocycles. The first-order valence-electron chi connectivity index (χ1n) is 11.5. The quantitative estimate of drug-likeness (QED) is 0.243. The van der Waals surface area contributed by atoms with Crippen molar-refractivity contribution in [2.45, 2.75) is 25.4 Å². The Bertz CT molecular complexity index is 1480. The maximum absolute atomic E-state index is 14.6. The molecule has 0 N–H and O–H groups in total. The molecule has 4 aromatic heterocycles. The number of aromatic nitrogens is 5. The van der Waals surface area contributed by atoms with Crippen molar-refractivity contribution in [1.82, 2.24) is 24.7 Å². The molecule has 38 heavy (non-hydrogen) atoms. The number of rotatable bonds is 6. The minimum Gasteiger partial charge on any atom is -0.378 e. The topological polar surface area (TPSA) is 63.0 Å². The maximum atomic E-state index is 14.6. The second kappa shape index (κ2) is 9.66. The van der Waals surface area contributed by atoms with Crippen molar-refractivity contribution in [3.63, 3.8) is 0 Å². The summed E-state index contributed by atoms with van der Waals surface area (Å²) in [7, 11) is 7.23. The molecule has 4 aromatic rings. The van der Waals surface area contributed by atoms with Gasteiger partial charge in [-0.05, 0) is 50.2 Å². The summed E-state index contributed by atoms with van der Waals surface area (Å²) in [5.41, 5.74) is 0.728. The fraction of sp³-hybridized carbons (Fsp3) is 0.308. The maximum Gasteiger partial charge on any atom is 0.435 e. The fourth-order valence-corrected chi connectivity index (χ4v) is 3.77. The van der Waals surface area contributed by atoms with Gasteiger partial charge in [0, 0.05) is 57.2 Å². The van der Waals surface area contributed by atoms with Crippen LogP contribution >= 0.6 is 0 Å². The number of hydrogen-bond acceptors (Lipinski definition) is 6. The van der Waals surface area contributed by atoms with E-state index in [0.717, 1.165) is 16.8 Å². The van der Waals surface area contributed by atoms with Crippen molar-refractivity contribution >= 4 is 11.4 Å². The first-order chi connectivity index (χ1) is 17.7. The van der Waals surface area contributed by atoms with Crippen LogP contribution in [0, 0.1) is 11.9 Å². The van der Waals surface area contributed by atoms with Crippen LogP contribution in [0.5, 0.6) is 0 Å². The lowest BCUT2D eigenvalue weighted by Gasteiger charge is -2.28. The summed E-state index contributed by atoms with van der Waals surface area (Å²) < 4.78 is 68.6. The Labute approximate surface area is 216 Å². The molecule has 200 valence electrons. The largest absolute Gasteiger partial charge is 0.435 e. The van der Waals surface area contributed by atoms with Crippen LogP contribution in [-0.4, -0.2) is 52.9 Å². The molecule has 7 nitrogen and oxygen atoms in total. The van der Waals surface area contributed by atoms with E-state index < -0.39 is 29.2 Å². The van der Waals surface area contributed by atoms with Gasteiger partial charge in [0.1, 0.15) is 0 Å². The highest BCUT2D eigenvalue weighted by Crippen LogP contribution is 2.36. The number of halogens is 5. The summed E-state index contributed by atoms with van der Waals surface area (Å²) in [6.45, 7) is 3.71. The zero-order valence-corrected chi connectivity index (χ0v) is 21.6. The number of nitrogens with zero attached hydrogens (tertiary/aromatic N) is 7. The second-order valence-electron chi connectivity index (χ2n) is 9.69. The van der Waals surface area contributed by atoms with Gasteiger partial charge in [0.25, 0.3) is 0 Å². The van der Waals surface area contributed by atoms with E-state index >= 15 is 0 Å². The Balaban J connectivity index is 1.89. The number of anilines is 2. The predicted molar refractivity (Wildman–Crippen MR) is 135 cm³/mol.